The lowest BCUT2D eigenvalue weighted by Gasteiger charge is -2.01. The number of allylic oxidation sites excluding steroid dienone is 3. The highest BCUT2D eigenvalue weighted by molar-refractivity contribution is 5.93. The molecule has 1 aliphatic carbocycles. The van der Waals surface area contributed by atoms with Gasteiger partial charge in [0.2, 0.25) is 5.91 Å². The molecule has 0 aromatic heterocycles. The Hall–Kier alpha value is -1.05. The number of carbonyl (C=O) groups excluding carboxylic acids is 1. The van der Waals surface area contributed by atoms with E-state index >= 15 is 0 Å². The highest BCUT2D eigenvalue weighted by Gasteiger charge is 2.23. The summed E-state index contributed by atoms with van der Waals surface area (Å²) in [5.41, 5.74) is 2.09. The number of rotatable bonds is 4. The van der Waals surface area contributed by atoms with Crippen LogP contribution in [0.5, 0.6) is 0 Å². The van der Waals surface area contributed by atoms with Gasteiger partial charge < -0.3 is 5.32 Å². The molecule has 0 saturated heterocycles. The van der Waals surface area contributed by atoms with Gasteiger partial charge in [-0.15, -0.1) is 0 Å². The van der Waals surface area contributed by atoms with Crippen LogP contribution < -0.4 is 5.32 Å². The van der Waals surface area contributed by atoms with Crippen LogP contribution >= 0.6 is 0 Å². The van der Waals surface area contributed by atoms with Crippen LogP contribution in [0.3, 0.4) is 0 Å². The molecule has 1 amide bonds. The molecule has 78 valence electrons. The number of hydrogen-bond acceptors (Lipinski definition) is 1. The molecule has 0 aromatic rings. The third kappa shape index (κ3) is 3.77. The molecule has 14 heavy (non-hydrogen) atoms. The minimum Gasteiger partial charge on any atom is -0.350 e. The van der Waals surface area contributed by atoms with Crippen LogP contribution in [-0.2, 0) is 4.79 Å². The largest absolute Gasteiger partial charge is 0.350 e. The molecule has 0 atom stereocenters. The molecule has 1 N–H and O–H groups in total. The monoisotopic (exact) mass is 193 g/mol. The summed E-state index contributed by atoms with van der Waals surface area (Å²) in [5, 5.41) is 2.96. The molecule has 0 radical (unpaired) electrons. The second-order valence-electron chi connectivity index (χ2n) is 3.96. The Balaban J connectivity index is 2.44. The van der Waals surface area contributed by atoms with Crippen molar-refractivity contribution in [2.75, 3.05) is 0 Å². The van der Waals surface area contributed by atoms with E-state index < -0.39 is 0 Å². The average molecular weight is 193 g/mol. The number of hydrogen-bond donors (Lipinski definition) is 1. The van der Waals surface area contributed by atoms with Gasteiger partial charge >= 0.3 is 0 Å². The maximum absolute atomic E-state index is 11.5. The molecule has 0 aromatic carbocycles. The van der Waals surface area contributed by atoms with E-state index in [2.05, 4.69) is 19.2 Å². The van der Waals surface area contributed by atoms with E-state index in [-0.39, 0.29) is 5.91 Å². The third-order valence-electron chi connectivity index (χ3n) is 2.45. The zero-order valence-electron chi connectivity index (χ0n) is 9.26. The molecule has 1 rings (SSSR count). The summed E-state index contributed by atoms with van der Waals surface area (Å²) in [6.45, 7) is 6.04. The van der Waals surface area contributed by atoms with Gasteiger partial charge in [0.05, 0.1) is 0 Å². The van der Waals surface area contributed by atoms with Crippen LogP contribution in [0.25, 0.3) is 0 Å². The van der Waals surface area contributed by atoms with Gasteiger partial charge in [-0.1, -0.05) is 24.6 Å². The van der Waals surface area contributed by atoms with Gasteiger partial charge in [0.15, 0.2) is 0 Å². The molecule has 0 aliphatic heterocycles. The second-order valence-corrected chi connectivity index (χ2v) is 3.96. The third-order valence-corrected chi connectivity index (χ3v) is 2.45. The minimum absolute atomic E-state index is 0.0765. The Kier molecular flexibility index (Phi) is 3.93. The Bertz CT molecular complexity index is 272. The Morgan fingerprint density at radius 1 is 1.36 bits per heavy atom. The fraction of sp³-hybridized carbons (Fsp3) is 0.583. The van der Waals surface area contributed by atoms with Crippen LogP contribution in [0.1, 0.15) is 40.0 Å². The lowest BCUT2D eigenvalue weighted by molar-refractivity contribution is -0.117. The standard InChI is InChI=1S/C12H19NO/c1-4-9(2)5-6-10(3)12(14)13-11-7-8-11/h5-6,11H,4,7-8H2,1-3H3,(H,13,14). The molecule has 0 unspecified atom stereocenters. The van der Waals surface area contributed by atoms with Crippen molar-refractivity contribution in [3.63, 3.8) is 0 Å². The predicted octanol–water partition coefficient (Wildman–Crippen LogP) is 2.57. The van der Waals surface area contributed by atoms with Crippen LogP contribution in [0.2, 0.25) is 0 Å². The lowest BCUT2D eigenvalue weighted by Crippen LogP contribution is -2.25. The van der Waals surface area contributed by atoms with Crippen molar-refractivity contribution in [3.8, 4) is 0 Å². The molecule has 0 bridgehead atoms. The van der Waals surface area contributed by atoms with Crippen molar-refractivity contribution in [3.05, 3.63) is 23.3 Å². The van der Waals surface area contributed by atoms with E-state index in [0.29, 0.717) is 6.04 Å². The zero-order valence-corrected chi connectivity index (χ0v) is 9.26. The molecule has 0 spiro atoms. The van der Waals surface area contributed by atoms with Gasteiger partial charge in [-0.25, -0.2) is 0 Å². The van der Waals surface area contributed by atoms with Gasteiger partial charge in [-0.2, -0.15) is 0 Å². The first-order valence-corrected chi connectivity index (χ1v) is 5.28. The highest BCUT2D eigenvalue weighted by Crippen LogP contribution is 2.19. The average Bonchev–Trinajstić information content (AvgIpc) is 2.97. The maximum atomic E-state index is 11.5. The molecular weight excluding hydrogens is 174 g/mol. The van der Waals surface area contributed by atoms with E-state index in [1.54, 1.807) is 0 Å². The van der Waals surface area contributed by atoms with Crippen LogP contribution in [0.15, 0.2) is 23.3 Å². The van der Waals surface area contributed by atoms with Gasteiger partial charge in [-0.3, -0.25) is 4.79 Å². The van der Waals surface area contributed by atoms with Gasteiger partial charge in [0.1, 0.15) is 0 Å². The molecule has 2 nitrogen and oxygen atoms in total. The molecule has 1 fully saturated rings. The van der Waals surface area contributed by atoms with Crippen molar-refractivity contribution in [1.29, 1.82) is 0 Å². The summed E-state index contributed by atoms with van der Waals surface area (Å²) >= 11 is 0. The first-order valence-electron chi connectivity index (χ1n) is 5.28. The molecular formula is C12H19NO. The summed E-state index contributed by atoms with van der Waals surface area (Å²) in [4.78, 5) is 11.5. The predicted molar refractivity (Wildman–Crippen MR) is 59.0 cm³/mol. The first-order chi connectivity index (χ1) is 6.63. The zero-order chi connectivity index (χ0) is 10.6. The van der Waals surface area contributed by atoms with Crippen molar-refractivity contribution < 1.29 is 4.79 Å². The van der Waals surface area contributed by atoms with Crippen molar-refractivity contribution in [1.82, 2.24) is 5.32 Å². The van der Waals surface area contributed by atoms with E-state index in [0.717, 1.165) is 24.8 Å². The summed E-state index contributed by atoms with van der Waals surface area (Å²) in [5.74, 6) is 0.0765. The molecule has 1 aliphatic rings. The van der Waals surface area contributed by atoms with Crippen molar-refractivity contribution in [2.24, 2.45) is 0 Å². The number of nitrogens with one attached hydrogen (secondary N) is 1. The van der Waals surface area contributed by atoms with Crippen LogP contribution in [0.4, 0.5) is 0 Å². The first kappa shape index (κ1) is 11.0. The quantitative estimate of drug-likeness (QED) is 0.539. The normalized spacial score (nSPS) is 18.2. The van der Waals surface area contributed by atoms with E-state index in [9.17, 15) is 4.79 Å². The highest BCUT2D eigenvalue weighted by atomic mass is 16.1. The topological polar surface area (TPSA) is 29.1 Å². The summed E-state index contributed by atoms with van der Waals surface area (Å²) in [6.07, 6.45) is 7.23. The van der Waals surface area contributed by atoms with Crippen molar-refractivity contribution >= 4 is 5.91 Å². The fourth-order valence-electron chi connectivity index (χ4n) is 0.988. The maximum Gasteiger partial charge on any atom is 0.247 e. The second kappa shape index (κ2) is 4.99. The van der Waals surface area contributed by atoms with Crippen LogP contribution in [0, 0.1) is 0 Å². The van der Waals surface area contributed by atoms with Crippen molar-refractivity contribution in [2.45, 2.75) is 46.1 Å². The van der Waals surface area contributed by atoms with Crippen LogP contribution in [-0.4, -0.2) is 11.9 Å². The number of amides is 1. The lowest BCUT2D eigenvalue weighted by atomic mass is 10.2. The summed E-state index contributed by atoms with van der Waals surface area (Å²) < 4.78 is 0. The van der Waals surface area contributed by atoms with E-state index in [4.69, 9.17) is 0 Å². The van der Waals surface area contributed by atoms with E-state index in [1.165, 1.54) is 5.57 Å². The Morgan fingerprint density at radius 2 is 2.00 bits per heavy atom. The Morgan fingerprint density at radius 3 is 2.50 bits per heavy atom. The summed E-state index contributed by atoms with van der Waals surface area (Å²) in [6, 6.07) is 0.446. The molecule has 0 heterocycles. The fourth-order valence-corrected chi connectivity index (χ4v) is 0.988. The minimum atomic E-state index is 0.0765. The summed E-state index contributed by atoms with van der Waals surface area (Å²) in [7, 11) is 0. The Labute approximate surface area is 86.1 Å². The molecule has 2 heteroatoms. The van der Waals surface area contributed by atoms with E-state index in [1.807, 2.05) is 19.1 Å². The van der Waals surface area contributed by atoms with Gasteiger partial charge in [0, 0.05) is 11.6 Å². The molecule has 1 saturated carbocycles. The number of carbonyl (C=O) groups is 1. The SMILES string of the molecule is CCC(C)=CC=C(C)C(=O)NC1CC1. The van der Waals surface area contributed by atoms with Gasteiger partial charge in [0.25, 0.3) is 0 Å². The smallest absolute Gasteiger partial charge is 0.247 e. The van der Waals surface area contributed by atoms with Gasteiger partial charge in [-0.05, 0) is 33.1 Å².